The van der Waals surface area contributed by atoms with Gasteiger partial charge in [-0.15, -0.1) is 5.11 Å². The van der Waals surface area contributed by atoms with Crippen LogP contribution in [0.4, 0.5) is 17.1 Å². The molecule has 0 aliphatic carbocycles. The van der Waals surface area contributed by atoms with Crippen molar-refractivity contribution in [1.29, 1.82) is 0 Å². The molecule has 0 spiro atoms. The predicted molar refractivity (Wildman–Crippen MR) is 93.4 cm³/mol. The van der Waals surface area contributed by atoms with Gasteiger partial charge in [0.25, 0.3) is 11.2 Å². The minimum atomic E-state index is -0.501. The molecular weight excluding hydrogens is 346 g/mol. The van der Waals surface area contributed by atoms with Crippen LogP contribution >= 0.6 is 11.6 Å². The fourth-order valence-electron chi connectivity index (χ4n) is 2.21. The van der Waals surface area contributed by atoms with Gasteiger partial charge in [0, 0.05) is 12.1 Å². The van der Waals surface area contributed by atoms with Crippen molar-refractivity contribution in [2.24, 2.45) is 10.2 Å². The van der Waals surface area contributed by atoms with Crippen LogP contribution in [0.25, 0.3) is 5.69 Å². The summed E-state index contributed by atoms with van der Waals surface area (Å²) in [5.41, 5.74) is 1.13. The molecule has 1 N–H and O–H groups in total. The molecule has 0 unspecified atom stereocenters. The molecule has 2 aromatic carbocycles. The number of benzene rings is 2. The molecule has 1 heterocycles. The van der Waals surface area contributed by atoms with Crippen molar-refractivity contribution >= 4 is 28.7 Å². The number of nitrogens with zero attached hydrogens (tertiary/aromatic N) is 4. The van der Waals surface area contributed by atoms with Crippen LogP contribution in [0, 0.1) is 17.0 Å². The van der Waals surface area contributed by atoms with E-state index in [1.54, 1.807) is 31.2 Å². The average molecular weight is 358 g/mol. The lowest BCUT2D eigenvalue weighted by atomic mass is 10.3. The van der Waals surface area contributed by atoms with Crippen molar-refractivity contribution in [3.63, 3.8) is 0 Å². The highest BCUT2D eigenvalue weighted by Crippen LogP contribution is 2.23. The van der Waals surface area contributed by atoms with E-state index in [1.165, 1.54) is 28.9 Å². The fourth-order valence-corrected chi connectivity index (χ4v) is 2.43. The molecule has 0 aliphatic rings. The third-order valence-corrected chi connectivity index (χ3v) is 3.78. The van der Waals surface area contributed by atoms with Crippen LogP contribution in [0.5, 0.6) is 0 Å². The van der Waals surface area contributed by atoms with Crippen molar-refractivity contribution in [1.82, 2.24) is 9.78 Å². The number of halogens is 1. The minimum Gasteiger partial charge on any atom is -0.293 e. The van der Waals surface area contributed by atoms with E-state index in [9.17, 15) is 14.9 Å². The Bertz CT molecular complexity index is 1020. The SMILES string of the molecule is Cc1[nH]n(-c2ccccc2Cl)c(=O)c1N=Nc1ccc([N+](=O)[O-])cc1. The molecule has 0 saturated carbocycles. The number of azo groups is 1. The molecule has 0 radical (unpaired) electrons. The maximum Gasteiger partial charge on any atom is 0.299 e. The largest absolute Gasteiger partial charge is 0.299 e. The Labute approximate surface area is 146 Å². The van der Waals surface area contributed by atoms with Gasteiger partial charge in [0.2, 0.25) is 0 Å². The van der Waals surface area contributed by atoms with Crippen molar-refractivity contribution in [2.75, 3.05) is 0 Å². The zero-order valence-corrected chi connectivity index (χ0v) is 13.8. The van der Waals surface area contributed by atoms with Crippen LogP contribution in [0.15, 0.2) is 63.6 Å². The first-order valence-corrected chi connectivity index (χ1v) is 7.58. The summed E-state index contributed by atoms with van der Waals surface area (Å²) in [5, 5.41) is 21.9. The second-order valence-electron chi connectivity index (χ2n) is 5.15. The van der Waals surface area contributed by atoms with Crippen molar-refractivity contribution in [3.8, 4) is 5.69 Å². The summed E-state index contributed by atoms with van der Waals surface area (Å²) in [6.45, 7) is 1.69. The fraction of sp³-hybridized carbons (Fsp3) is 0.0625. The Kier molecular flexibility index (Phi) is 4.44. The number of aromatic amines is 1. The Hall–Kier alpha value is -3.26. The molecule has 0 atom stereocenters. The van der Waals surface area contributed by atoms with Crippen molar-refractivity contribution in [3.05, 3.63) is 79.7 Å². The van der Waals surface area contributed by atoms with Gasteiger partial charge in [-0.1, -0.05) is 23.7 Å². The van der Waals surface area contributed by atoms with E-state index in [0.29, 0.717) is 22.1 Å². The molecule has 8 nitrogen and oxygen atoms in total. The number of nitrogens with one attached hydrogen (secondary N) is 1. The molecule has 126 valence electrons. The maximum atomic E-state index is 12.5. The van der Waals surface area contributed by atoms with E-state index in [2.05, 4.69) is 15.3 Å². The number of hydrogen-bond donors (Lipinski definition) is 1. The van der Waals surface area contributed by atoms with Crippen LogP contribution in [0.2, 0.25) is 5.02 Å². The molecule has 9 heteroatoms. The quantitative estimate of drug-likeness (QED) is 0.423. The van der Waals surface area contributed by atoms with E-state index in [-0.39, 0.29) is 11.4 Å². The predicted octanol–water partition coefficient (Wildman–Crippen LogP) is 4.45. The Morgan fingerprint density at radius 2 is 1.80 bits per heavy atom. The molecule has 0 saturated heterocycles. The first-order chi connectivity index (χ1) is 12.0. The minimum absolute atomic E-state index is 0.0437. The first kappa shape index (κ1) is 16.6. The highest BCUT2D eigenvalue weighted by molar-refractivity contribution is 6.32. The van der Waals surface area contributed by atoms with Gasteiger partial charge < -0.3 is 0 Å². The summed E-state index contributed by atoms with van der Waals surface area (Å²) in [5.74, 6) is 0. The average Bonchev–Trinajstić information content (AvgIpc) is 2.88. The van der Waals surface area contributed by atoms with E-state index in [0.717, 1.165) is 0 Å². The van der Waals surface area contributed by atoms with Crippen LogP contribution in [0.1, 0.15) is 5.69 Å². The highest BCUT2D eigenvalue weighted by Gasteiger charge is 2.14. The normalized spacial score (nSPS) is 11.1. The summed E-state index contributed by atoms with van der Waals surface area (Å²) < 4.78 is 1.29. The third-order valence-electron chi connectivity index (χ3n) is 3.46. The zero-order chi connectivity index (χ0) is 18.0. The number of non-ortho nitro benzene ring substituents is 1. The number of rotatable bonds is 4. The van der Waals surface area contributed by atoms with Crippen LogP contribution in [0.3, 0.4) is 0 Å². The van der Waals surface area contributed by atoms with Crippen LogP contribution in [-0.4, -0.2) is 14.7 Å². The zero-order valence-electron chi connectivity index (χ0n) is 13.0. The van der Waals surface area contributed by atoms with Gasteiger partial charge in [-0.25, -0.2) is 4.68 Å². The lowest BCUT2D eigenvalue weighted by Crippen LogP contribution is -2.14. The van der Waals surface area contributed by atoms with E-state index in [4.69, 9.17) is 11.6 Å². The maximum absolute atomic E-state index is 12.5. The molecular formula is C16H12ClN5O3. The first-order valence-electron chi connectivity index (χ1n) is 7.20. The molecule has 0 fully saturated rings. The third kappa shape index (κ3) is 3.33. The molecule has 3 rings (SSSR count). The number of aromatic nitrogens is 2. The Balaban J connectivity index is 1.95. The van der Waals surface area contributed by atoms with Gasteiger partial charge in [0.1, 0.15) is 0 Å². The Morgan fingerprint density at radius 3 is 2.44 bits per heavy atom. The second-order valence-corrected chi connectivity index (χ2v) is 5.56. The van der Waals surface area contributed by atoms with Gasteiger partial charge in [-0.05, 0) is 31.2 Å². The number of aryl methyl sites for hydroxylation is 1. The molecule has 25 heavy (non-hydrogen) atoms. The van der Waals surface area contributed by atoms with E-state index >= 15 is 0 Å². The summed E-state index contributed by atoms with van der Waals surface area (Å²) in [6.07, 6.45) is 0. The molecule has 1 aromatic heterocycles. The lowest BCUT2D eigenvalue weighted by molar-refractivity contribution is -0.384. The van der Waals surface area contributed by atoms with Gasteiger partial charge in [0.05, 0.1) is 27.0 Å². The van der Waals surface area contributed by atoms with E-state index in [1.807, 2.05) is 0 Å². The molecule has 3 aromatic rings. The second kappa shape index (κ2) is 6.70. The number of hydrogen-bond acceptors (Lipinski definition) is 5. The standard InChI is InChI=1S/C16H12ClN5O3/c1-10-15(19-18-11-6-8-12(9-7-11)22(24)25)16(23)21(20-10)14-5-3-2-4-13(14)17/h2-9,20H,1H3. The topological polar surface area (TPSA) is 106 Å². The molecule has 0 amide bonds. The summed E-state index contributed by atoms with van der Waals surface area (Å²) >= 11 is 6.12. The van der Waals surface area contributed by atoms with Gasteiger partial charge >= 0.3 is 0 Å². The van der Waals surface area contributed by atoms with Crippen molar-refractivity contribution < 1.29 is 4.92 Å². The number of para-hydroxylation sites is 1. The lowest BCUT2D eigenvalue weighted by Gasteiger charge is -2.02. The van der Waals surface area contributed by atoms with Gasteiger partial charge in [-0.3, -0.25) is 20.0 Å². The van der Waals surface area contributed by atoms with Gasteiger partial charge in [0.15, 0.2) is 5.69 Å². The van der Waals surface area contributed by atoms with Gasteiger partial charge in [-0.2, -0.15) is 5.11 Å². The molecule has 0 bridgehead atoms. The van der Waals surface area contributed by atoms with Crippen LogP contribution < -0.4 is 5.56 Å². The smallest absolute Gasteiger partial charge is 0.293 e. The summed E-state index contributed by atoms with van der Waals surface area (Å²) in [7, 11) is 0. The van der Waals surface area contributed by atoms with E-state index < -0.39 is 10.5 Å². The number of H-pyrrole nitrogens is 1. The molecule has 0 aliphatic heterocycles. The monoisotopic (exact) mass is 357 g/mol. The van der Waals surface area contributed by atoms with Crippen LogP contribution in [-0.2, 0) is 0 Å². The Morgan fingerprint density at radius 1 is 1.12 bits per heavy atom. The highest BCUT2D eigenvalue weighted by atomic mass is 35.5. The number of nitro groups is 1. The number of nitro benzene ring substituents is 1. The summed E-state index contributed by atoms with van der Waals surface area (Å²) in [4.78, 5) is 22.7. The van der Waals surface area contributed by atoms with Crippen molar-refractivity contribution in [2.45, 2.75) is 6.92 Å². The summed E-state index contributed by atoms with van der Waals surface area (Å²) in [6, 6.07) is 12.5.